The minimum absolute atomic E-state index is 0.0520. The van der Waals surface area contributed by atoms with Crippen LogP contribution in [0, 0.1) is 0 Å². The van der Waals surface area contributed by atoms with Gasteiger partial charge in [0, 0.05) is 26.2 Å². The van der Waals surface area contributed by atoms with E-state index in [9.17, 15) is 14.4 Å². The topological polar surface area (TPSA) is 98.0 Å². The van der Waals surface area contributed by atoms with Crippen molar-refractivity contribution in [2.24, 2.45) is 7.05 Å². The summed E-state index contributed by atoms with van der Waals surface area (Å²) in [7, 11) is 1.69. The van der Waals surface area contributed by atoms with Gasteiger partial charge in [0.15, 0.2) is 0 Å². The number of imidazole rings is 1. The Morgan fingerprint density at radius 1 is 1.04 bits per heavy atom. The largest absolute Gasteiger partial charge is 0.328 e. The van der Waals surface area contributed by atoms with Crippen LogP contribution in [0.5, 0.6) is 0 Å². The first-order valence-corrected chi connectivity index (χ1v) is 7.72. The van der Waals surface area contributed by atoms with Gasteiger partial charge in [-0.25, -0.2) is 4.79 Å². The number of para-hydroxylation sites is 2. The number of fused-ring (bicyclic) bond motifs is 1. The van der Waals surface area contributed by atoms with Gasteiger partial charge in [-0.15, -0.1) is 0 Å². The van der Waals surface area contributed by atoms with Crippen molar-refractivity contribution in [2.45, 2.75) is 13.0 Å². The zero-order chi connectivity index (χ0) is 17.8. The molecular weight excluding hydrogens is 322 g/mol. The summed E-state index contributed by atoms with van der Waals surface area (Å²) in [5, 5.41) is 0. The fourth-order valence-corrected chi connectivity index (χ4v) is 2.54. The standard InChI is InChI=1S/C17H17N5O3/c1-21-13-7-2-3-8-14(13)22(17(21)25)11-9-15(23)19-20-16(24)12-6-4-5-10-18-12/h2-8,10H,9,11H2,1H3,(H,19,23)(H,20,24). The molecule has 0 atom stereocenters. The number of carbonyl (C=O) groups is 2. The van der Waals surface area contributed by atoms with E-state index in [2.05, 4.69) is 15.8 Å². The first-order chi connectivity index (χ1) is 12.1. The van der Waals surface area contributed by atoms with Crippen molar-refractivity contribution in [3.63, 3.8) is 0 Å². The van der Waals surface area contributed by atoms with Crippen LogP contribution in [0.2, 0.25) is 0 Å². The third kappa shape index (κ3) is 3.42. The lowest BCUT2D eigenvalue weighted by Crippen LogP contribution is -2.42. The Bertz CT molecular complexity index is 975. The van der Waals surface area contributed by atoms with Crippen LogP contribution in [-0.4, -0.2) is 25.9 Å². The molecule has 0 aliphatic heterocycles. The Labute approximate surface area is 143 Å². The average molecular weight is 339 g/mol. The van der Waals surface area contributed by atoms with Crippen molar-refractivity contribution in [3.05, 3.63) is 64.8 Å². The van der Waals surface area contributed by atoms with Gasteiger partial charge in [-0.3, -0.25) is 34.6 Å². The van der Waals surface area contributed by atoms with Gasteiger partial charge in [-0.2, -0.15) is 0 Å². The number of benzene rings is 1. The monoisotopic (exact) mass is 339 g/mol. The van der Waals surface area contributed by atoms with E-state index < -0.39 is 11.8 Å². The fraction of sp³-hybridized carbons (Fsp3) is 0.176. The Morgan fingerprint density at radius 3 is 2.48 bits per heavy atom. The van der Waals surface area contributed by atoms with Gasteiger partial charge in [0.2, 0.25) is 5.91 Å². The molecule has 2 heterocycles. The lowest BCUT2D eigenvalue weighted by atomic mass is 10.3. The molecule has 0 aliphatic rings. The Kier molecular flexibility index (Phi) is 4.60. The number of hydrogen-bond donors (Lipinski definition) is 2. The highest BCUT2D eigenvalue weighted by Crippen LogP contribution is 2.11. The number of nitrogens with zero attached hydrogens (tertiary/aromatic N) is 3. The fourth-order valence-electron chi connectivity index (χ4n) is 2.54. The molecule has 1 aromatic carbocycles. The molecule has 0 unspecified atom stereocenters. The van der Waals surface area contributed by atoms with E-state index >= 15 is 0 Å². The maximum absolute atomic E-state index is 12.3. The summed E-state index contributed by atoms with van der Waals surface area (Å²) in [6, 6.07) is 12.3. The second-order valence-electron chi connectivity index (χ2n) is 5.45. The number of amides is 2. The average Bonchev–Trinajstić information content (AvgIpc) is 2.89. The van der Waals surface area contributed by atoms with Crippen LogP contribution in [0.4, 0.5) is 0 Å². The first kappa shape index (κ1) is 16.4. The summed E-state index contributed by atoms with van der Waals surface area (Å²) in [5.74, 6) is -0.902. The van der Waals surface area contributed by atoms with Crippen LogP contribution in [-0.2, 0) is 18.4 Å². The Hall–Kier alpha value is -3.42. The summed E-state index contributed by atoms with van der Waals surface area (Å²) in [5.41, 5.74) is 6.20. The molecule has 0 radical (unpaired) electrons. The zero-order valence-electron chi connectivity index (χ0n) is 13.6. The second kappa shape index (κ2) is 7.00. The first-order valence-electron chi connectivity index (χ1n) is 7.72. The number of rotatable bonds is 4. The van der Waals surface area contributed by atoms with Crippen molar-refractivity contribution in [3.8, 4) is 0 Å². The summed E-state index contributed by atoms with van der Waals surface area (Å²) in [6.45, 7) is 0.214. The van der Waals surface area contributed by atoms with Crippen LogP contribution in [0.25, 0.3) is 11.0 Å². The predicted molar refractivity (Wildman–Crippen MR) is 91.6 cm³/mol. The SMILES string of the molecule is Cn1c(=O)n(CCC(=O)NNC(=O)c2ccccn2)c2ccccc21. The van der Waals surface area contributed by atoms with E-state index in [4.69, 9.17) is 0 Å². The van der Waals surface area contributed by atoms with Gasteiger partial charge in [-0.05, 0) is 24.3 Å². The van der Waals surface area contributed by atoms with E-state index in [1.807, 2.05) is 24.3 Å². The molecule has 2 aromatic heterocycles. The molecule has 128 valence electrons. The molecule has 0 fully saturated rings. The van der Waals surface area contributed by atoms with Crippen LogP contribution in [0.3, 0.4) is 0 Å². The molecule has 8 nitrogen and oxygen atoms in total. The van der Waals surface area contributed by atoms with Gasteiger partial charge in [0.25, 0.3) is 5.91 Å². The minimum Gasteiger partial charge on any atom is -0.295 e. The smallest absolute Gasteiger partial charge is 0.295 e. The molecule has 8 heteroatoms. The Balaban J connectivity index is 1.61. The number of hydrazine groups is 1. The third-order valence-corrected chi connectivity index (χ3v) is 3.83. The van der Waals surface area contributed by atoms with Crippen LogP contribution < -0.4 is 16.5 Å². The molecule has 0 spiro atoms. The molecule has 2 N–H and O–H groups in total. The van der Waals surface area contributed by atoms with E-state index in [1.165, 1.54) is 21.4 Å². The number of aryl methyl sites for hydroxylation is 2. The van der Waals surface area contributed by atoms with Crippen molar-refractivity contribution in [1.29, 1.82) is 0 Å². The molecular formula is C17H17N5O3. The Morgan fingerprint density at radius 2 is 1.76 bits per heavy atom. The summed E-state index contributed by atoms with van der Waals surface area (Å²) in [4.78, 5) is 39.9. The highest BCUT2D eigenvalue weighted by molar-refractivity contribution is 5.93. The van der Waals surface area contributed by atoms with Gasteiger partial charge < -0.3 is 0 Å². The summed E-state index contributed by atoms with van der Waals surface area (Å²) in [6.07, 6.45) is 1.54. The van der Waals surface area contributed by atoms with Crippen molar-refractivity contribution in [2.75, 3.05) is 0 Å². The molecule has 0 aliphatic carbocycles. The van der Waals surface area contributed by atoms with Gasteiger partial charge in [0.05, 0.1) is 11.0 Å². The second-order valence-corrected chi connectivity index (χ2v) is 5.45. The zero-order valence-corrected chi connectivity index (χ0v) is 13.6. The summed E-state index contributed by atoms with van der Waals surface area (Å²) < 4.78 is 3.07. The molecule has 0 saturated heterocycles. The molecule has 25 heavy (non-hydrogen) atoms. The van der Waals surface area contributed by atoms with E-state index in [1.54, 1.807) is 19.2 Å². The molecule has 3 aromatic rings. The number of hydrogen-bond acceptors (Lipinski definition) is 4. The number of carbonyl (C=O) groups excluding carboxylic acids is 2. The number of pyridine rings is 1. The van der Waals surface area contributed by atoms with Crippen LogP contribution >= 0.6 is 0 Å². The molecule has 2 amide bonds. The van der Waals surface area contributed by atoms with Crippen molar-refractivity contribution < 1.29 is 9.59 Å². The number of nitrogens with one attached hydrogen (secondary N) is 2. The quantitative estimate of drug-likeness (QED) is 0.680. The van der Waals surface area contributed by atoms with E-state index in [-0.39, 0.29) is 24.3 Å². The maximum Gasteiger partial charge on any atom is 0.328 e. The van der Waals surface area contributed by atoms with Gasteiger partial charge >= 0.3 is 5.69 Å². The predicted octanol–water partition coefficient (Wildman–Crippen LogP) is 0.586. The van der Waals surface area contributed by atoms with Crippen LogP contribution in [0.1, 0.15) is 16.9 Å². The third-order valence-electron chi connectivity index (χ3n) is 3.83. The molecule has 0 bridgehead atoms. The number of aromatic nitrogens is 3. The van der Waals surface area contributed by atoms with Crippen molar-refractivity contribution in [1.82, 2.24) is 25.0 Å². The minimum atomic E-state index is -0.503. The highest BCUT2D eigenvalue weighted by atomic mass is 16.2. The van der Waals surface area contributed by atoms with Crippen LogP contribution in [0.15, 0.2) is 53.5 Å². The van der Waals surface area contributed by atoms with E-state index in [0.717, 1.165) is 11.0 Å². The normalized spacial score (nSPS) is 10.6. The van der Waals surface area contributed by atoms with E-state index in [0.29, 0.717) is 0 Å². The van der Waals surface area contributed by atoms with Gasteiger partial charge in [0.1, 0.15) is 5.69 Å². The highest BCUT2D eigenvalue weighted by Gasteiger charge is 2.12. The van der Waals surface area contributed by atoms with Crippen molar-refractivity contribution >= 4 is 22.8 Å². The maximum atomic E-state index is 12.3. The molecule has 0 saturated carbocycles. The molecule has 3 rings (SSSR count). The lowest BCUT2D eigenvalue weighted by molar-refractivity contribution is -0.122. The van der Waals surface area contributed by atoms with Gasteiger partial charge in [-0.1, -0.05) is 18.2 Å². The lowest BCUT2D eigenvalue weighted by Gasteiger charge is -2.07. The summed E-state index contributed by atoms with van der Waals surface area (Å²) >= 11 is 0.